The third kappa shape index (κ3) is 4.11. The summed E-state index contributed by atoms with van der Waals surface area (Å²) in [4.78, 5) is 29.0. The molecule has 1 aliphatic heterocycles. The molecule has 1 aromatic rings. The third-order valence-corrected chi connectivity index (χ3v) is 5.42. The van der Waals surface area contributed by atoms with E-state index < -0.39 is 0 Å². The van der Waals surface area contributed by atoms with Crippen LogP contribution in [0, 0.1) is 5.92 Å². The van der Waals surface area contributed by atoms with Crippen LogP contribution in [0.25, 0.3) is 0 Å². The summed E-state index contributed by atoms with van der Waals surface area (Å²) in [5.74, 6) is 1.89. The van der Waals surface area contributed by atoms with E-state index in [4.69, 9.17) is 9.47 Å². The second-order valence-corrected chi connectivity index (χ2v) is 7.05. The van der Waals surface area contributed by atoms with Crippen LogP contribution in [-0.2, 0) is 16.0 Å². The monoisotopic (exact) mass is 360 g/mol. The molecule has 1 aromatic carbocycles. The zero-order chi connectivity index (χ0) is 18.5. The summed E-state index contributed by atoms with van der Waals surface area (Å²) in [5, 5.41) is 0. The summed E-state index contributed by atoms with van der Waals surface area (Å²) >= 11 is 0. The molecule has 2 amide bonds. The highest BCUT2D eigenvalue weighted by Gasteiger charge is 2.30. The smallest absolute Gasteiger partial charge is 0.227 e. The van der Waals surface area contributed by atoms with Gasteiger partial charge in [0.25, 0.3) is 0 Å². The molecule has 2 fully saturated rings. The molecule has 0 atom stereocenters. The van der Waals surface area contributed by atoms with Gasteiger partial charge < -0.3 is 19.3 Å². The fourth-order valence-electron chi connectivity index (χ4n) is 3.58. The number of nitrogens with zero attached hydrogens (tertiary/aromatic N) is 2. The first-order chi connectivity index (χ1) is 12.6. The Balaban J connectivity index is 1.57. The first kappa shape index (κ1) is 18.5. The van der Waals surface area contributed by atoms with Crippen molar-refractivity contribution < 1.29 is 19.1 Å². The van der Waals surface area contributed by atoms with Gasteiger partial charge in [0.15, 0.2) is 11.5 Å². The largest absolute Gasteiger partial charge is 0.493 e. The SMILES string of the molecule is COc1ccc(CC(=O)N2CCCN(C(=O)C3CCC3)CC2)cc1OC. The van der Waals surface area contributed by atoms with Crippen LogP contribution in [0.1, 0.15) is 31.2 Å². The summed E-state index contributed by atoms with van der Waals surface area (Å²) in [7, 11) is 3.18. The quantitative estimate of drug-likeness (QED) is 0.807. The van der Waals surface area contributed by atoms with E-state index in [1.807, 2.05) is 28.0 Å². The van der Waals surface area contributed by atoms with E-state index in [1.54, 1.807) is 14.2 Å². The predicted octanol–water partition coefficient (Wildman–Crippen LogP) is 2.11. The molecule has 1 saturated heterocycles. The predicted molar refractivity (Wildman–Crippen MR) is 98.4 cm³/mol. The molecule has 6 heteroatoms. The van der Waals surface area contributed by atoms with E-state index in [0.717, 1.165) is 31.4 Å². The van der Waals surface area contributed by atoms with Gasteiger partial charge in [0.1, 0.15) is 0 Å². The minimum Gasteiger partial charge on any atom is -0.493 e. The van der Waals surface area contributed by atoms with Crippen molar-refractivity contribution >= 4 is 11.8 Å². The van der Waals surface area contributed by atoms with Crippen molar-refractivity contribution in [2.45, 2.75) is 32.1 Å². The van der Waals surface area contributed by atoms with E-state index in [2.05, 4.69) is 0 Å². The molecule has 1 aliphatic carbocycles. The van der Waals surface area contributed by atoms with Gasteiger partial charge in [-0.15, -0.1) is 0 Å². The summed E-state index contributed by atoms with van der Waals surface area (Å²) in [6.07, 6.45) is 4.39. The number of hydrogen-bond acceptors (Lipinski definition) is 4. The van der Waals surface area contributed by atoms with Gasteiger partial charge >= 0.3 is 0 Å². The average Bonchev–Trinajstić information content (AvgIpc) is 2.86. The Morgan fingerprint density at radius 2 is 1.65 bits per heavy atom. The molecule has 6 nitrogen and oxygen atoms in total. The molecular weight excluding hydrogens is 332 g/mol. The normalized spacial score (nSPS) is 18.1. The topological polar surface area (TPSA) is 59.1 Å². The van der Waals surface area contributed by atoms with E-state index in [1.165, 1.54) is 6.42 Å². The van der Waals surface area contributed by atoms with Crippen LogP contribution in [0.3, 0.4) is 0 Å². The molecule has 26 heavy (non-hydrogen) atoms. The first-order valence-electron chi connectivity index (χ1n) is 9.40. The van der Waals surface area contributed by atoms with E-state index in [-0.39, 0.29) is 17.7 Å². The number of carbonyl (C=O) groups is 2. The number of ether oxygens (including phenoxy) is 2. The fourth-order valence-corrected chi connectivity index (χ4v) is 3.58. The molecular formula is C20H28N2O4. The lowest BCUT2D eigenvalue weighted by Crippen LogP contribution is -2.41. The highest BCUT2D eigenvalue weighted by Crippen LogP contribution is 2.29. The van der Waals surface area contributed by atoms with Crippen molar-refractivity contribution in [2.24, 2.45) is 5.92 Å². The molecule has 0 N–H and O–H groups in total. The van der Waals surface area contributed by atoms with Crippen LogP contribution in [0.2, 0.25) is 0 Å². The lowest BCUT2D eigenvalue weighted by molar-refractivity contribution is -0.138. The van der Waals surface area contributed by atoms with Gasteiger partial charge in [0.05, 0.1) is 20.6 Å². The van der Waals surface area contributed by atoms with Crippen LogP contribution in [0.15, 0.2) is 18.2 Å². The van der Waals surface area contributed by atoms with Crippen molar-refractivity contribution in [3.05, 3.63) is 23.8 Å². The van der Waals surface area contributed by atoms with Crippen molar-refractivity contribution in [3.8, 4) is 11.5 Å². The van der Waals surface area contributed by atoms with Gasteiger partial charge in [-0.25, -0.2) is 0 Å². The zero-order valence-electron chi connectivity index (χ0n) is 15.7. The summed E-state index contributed by atoms with van der Waals surface area (Å²) in [6.45, 7) is 2.73. The van der Waals surface area contributed by atoms with Gasteiger partial charge in [0, 0.05) is 32.1 Å². The summed E-state index contributed by atoms with van der Waals surface area (Å²) < 4.78 is 10.5. The number of methoxy groups -OCH3 is 2. The van der Waals surface area contributed by atoms with Crippen LogP contribution >= 0.6 is 0 Å². The fraction of sp³-hybridized carbons (Fsp3) is 0.600. The average molecular weight is 360 g/mol. The van der Waals surface area contributed by atoms with Gasteiger partial charge in [-0.2, -0.15) is 0 Å². The van der Waals surface area contributed by atoms with E-state index >= 15 is 0 Å². The van der Waals surface area contributed by atoms with Crippen molar-refractivity contribution in [1.82, 2.24) is 9.80 Å². The maximum atomic E-state index is 12.7. The highest BCUT2D eigenvalue weighted by atomic mass is 16.5. The molecule has 0 radical (unpaired) electrons. The minimum absolute atomic E-state index is 0.0927. The third-order valence-electron chi connectivity index (χ3n) is 5.42. The Bertz CT molecular complexity index is 657. The van der Waals surface area contributed by atoms with Crippen molar-refractivity contribution in [1.29, 1.82) is 0 Å². The molecule has 1 saturated carbocycles. The van der Waals surface area contributed by atoms with E-state index in [9.17, 15) is 9.59 Å². The molecule has 0 spiro atoms. The maximum Gasteiger partial charge on any atom is 0.227 e. The number of carbonyl (C=O) groups excluding carboxylic acids is 2. The molecule has 0 bridgehead atoms. The Morgan fingerprint density at radius 3 is 2.31 bits per heavy atom. The van der Waals surface area contributed by atoms with Gasteiger partial charge in [0.2, 0.25) is 11.8 Å². The minimum atomic E-state index is 0.0927. The molecule has 2 aliphatic rings. The van der Waals surface area contributed by atoms with Crippen LogP contribution in [0.4, 0.5) is 0 Å². The van der Waals surface area contributed by atoms with Crippen molar-refractivity contribution in [2.75, 3.05) is 40.4 Å². The standard InChI is InChI=1S/C20H28N2O4/c1-25-17-8-7-15(13-18(17)26-2)14-19(23)21-9-4-10-22(12-11-21)20(24)16-5-3-6-16/h7-8,13,16H,3-6,9-12,14H2,1-2H3. The van der Waals surface area contributed by atoms with Gasteiger partial charge in [-0.3, -0.25) is 9.59 Å². The lowest BCUT2D eigenvalue weighted by Gasteiger charge is -2.31. The molecule has 1 heterocycles. The van der Waals surface area contributed by atoms with Crippen LogP contribution < -0.4 is 9.47 Å². The summed E-state index contributed by atoms with van der Waals surface area (Å²) in [5.41, 5.74) is 0.902. The Hall–Kier alpha value is -2.24. The maximum absolute atomic E-state index is 12.7. The van der Waals surface area contributed by atoms with Gasteiger partial charge in [-0.1, -0.05) is 12.5 Å². The Morgan fingerprint density at radius 1 is 0.962 bits per heavy atom. The second-order valence-electron chi connectivity index (χ2n) is 7.05. The van der Waals surface area contributed by atoms with Crippen molar-refractivity contribution in [3.63, 3.8) is 0 Å². The molecule has 3 rings (SSSR count). The summed E-state index contributed by atoms with van der Waals surface area (Å²) in [6, 6.07) is 5.56. The van der Waals surface area contributed by atoms with E-state index in [0.29, 0.717) is 37.6 Å². The zero-order valence-corrected chi connectivity index (χ0v) is 15.7. The number of rotatable bonds is 5. The molecule has 0 unspecified atom stereocenters. The second kappa shape index (κ2) is 8.43. The molecule has 0 aromatic heterocycles. The Kier molecular flexibility index (Phi) is 6.01. The van der Waals surface area contributed by atoms with Crippen LogP contribution in [-0.4, -0.2) is 62.0 Å². The van der Waals surface area contributed by atoms with Gasteiger partial charge in [-0.05, 0) is 37.0 Å². The lowest BCUT2D eigenvalue weighted by atomic mass is 9.84. The van der Waals surface area contributed by atoms with Crippen LogP contribution in [0.5, 0.6) is 11.5 Å². The Labute approximate surface area is 155 Å². The number of benzene rings is 1. The molecule has 142 valence electrons. The first-order valence-corrected chi connectivity index (χ1v) is 9.40. The number of hydrogen-bond donors (Lipinski definition) is 0. The number of amides is 2. The highest BCUT2D eigenvalue weighted by molar-refractivity contribution is 5.81.